The predicted octanol–water partition coefficient (Wildman–Crippen LogP) is 2.85. The minimum absolute atomic E-state index is 0.0279. The zero-order valence-corrected chi connectivity index (χ0v) is 14.8. The number of sulfonamides is 1. The number of nitrogens with one attached hydrogen (secondary N) is 1. The second kappa shape index (κ2) is 6.27. The van der Waals surface area contributed by atoms with Crippen LogP contribution in [0.1, 0.15) is 56.8 Å². The molecule has 1 saturated heterocycles. The van der Waals surface area contributed by atoms with E-state index in [0.29, 0.717) is 5.56 Å². The summed E-state index contributed by atoms with van der Waals surface area (Å²) < 4.78 is 34.0. The fourth-order valence-corrected chi connectivity index (χ4v) is 5.33. The van der Waals surface area contributed by atoms with Crippen molar-refractivity contribution in [1.82, 2.24) is 4.72 Å². The Hall–Kier alpha value is -1.76. The molecule has 1 aliphatic heterocycles. The quantitative estimate of drug-likeness (QED) is 0.857. The fraction of sp³-hybridized carbons (Fsp3) is 0.588. The van der Waals surface area contributed by atoms with Gasteiger partial charge in [0.2, 0.25) is 10.0 Å². The van der Waals surface area contributed by atoms with E-state index in [2.05, 4.69) is 9.71 Å². The van der Waals surface area contributed by atoms with Crippen LogP contribution in [0, 0.1) is 0 Å². The highest BCUT2D eigenvalue weighted by molar-refractivity contribution is 7.90. The van der Waals surface area contributed by atoms with E-state index in [4.69, 9.17) is 4.74 Å². The monoisotopic (exact) mass is 352 g/mol. The molecule has 2 N–H and O–H groups in total. The number of hydrogen-bond acceptors (Lipinski definition) is 5. The Bertz CT molecular complexity index is 737. The average Bonchev–Trinajstić information content (AvgIpc) is 2.45. The summed E-state index contributed by atoms with van der Waals surface area (Å²) in [7, 11) is -3.72. The lowest BCUT2D eigenvalue weighted by molar-refractivity contribution is 0.0757. The normalized spacial score (nSPS) is 28.1. The first kappa shape index (κ1) is 17.1. The zero-order valence-electron chi connectivity index (χ0n) is 14.0. The number of nitrogens with zero attached hydrogens (tertiary/aromatic N) is 1. The maximum absolute atomic E-state index is 12.8. The van der Waals surface area contributed by atoms with E-state index in [1.54, 1.807) is 26.0 Å². The first-order valence-electron chi connectivity index (χ1n) is 8.35. The number of benzene rings is 1. The highest BCUT2D eigenvalue weighted by Gasteiger charge is 2.48. The van der Waals surface area contributed by atoms with E-state index in [1.165, 1.54) is 18.6 Å². The van der Waals surface area contributed by atoms with Gasteiger partial charge >= 0.3 is 0 Å². The van der Waals surface area contributed by atoms with Gasteiger partial charge in [0.05, 0.1) is 6.04 Å². The van der Waals surface area contributed by atoms with Gasteiger partial charge in [-0.15, -0.1) is 0 Å². The highest BCUT2D eigenvalue weighted by Crippen LogP contribution is 2.39. The molecule has 0 amide bonds. The van der Waals surface area contributed by atoms with Crippen molar-refractivity contribution in [2.24, 2.45) is 4.99 Å². The molecule has 1 unspecified atom stereocenters. The fourth-order valence-electron chi connectivity index (χ4n) is 3.57. The van der Waals surface area contributed by atoms with Crippen LogP contribution in [-0.2, 0) is 14.8 Å². The van der Waals surface area contributed by atoms with Gasteiger partial charge in [0, 0.05) is 0 Å². The van der Waals surface area contributed by atoms with Gasteiger partial charge in [0.1, 0.15) is 16.6 Å². The van der Waals surface area contributed by atoms with Crippen LogP contribution < -0.4 is 4.72 Å². The summed E-state index contributed by atoms with van der Waals surface area (Å²) in [5.41, 5.74) is -0.505. The number of ether oxygens (including phenoxy) is 1. The summed E-state index contributed by atoms with van der Waals surface area (Å²) in [5, 5.41) is 8.74. The molecule has 1 heterocycles. The molecule has 2 fully saturated rings. The minimum atomic E-state index is -3.72. The van der Waals surface area contributed by atoms with Crippen molar-refractivity contribution in [3.63, 3.8) is 0 Å². The molecule has 0 aromatic heterocycles. The molecule has 6 nitrogen and oxygen atoms in total. The van der Waals surface area contributed by atoms with Crippen LogP contribution in [0.2, 0.25) is 0 Å². The maximum atomic E-state index is 12.8. The summed E-state index contributed by atoms with van der Waals surface area (Å²) in [5.74, 6) is 0.0279. The Balaban J connectivity index is 1.91. The van der Waals surface area contributed by atoms with E-state index in [0.717, 1.165) is 25.7 Å². The summed E-state index contributed by atoms with van der Waals surface area (Å²) in [4.78, 5) is 4.49. The van der Waals surface area contributed by atoms with Gasteiger partial charge in [0.25, 0.3) is 6.02 Å². The largest absolute Gasteiger partial charge is 0.508 e. The third kappa shape index (κ3) is 3.50. The Morgan fingerprint density at radius 3 is 2.58 bits per heavy atom. The Labute approximate surface area is 143 Å². The topological polar surface area (TPSA) is 88.0 Å². The van der Waals surface area contributed by atoms with Crippen molar-refractivity contribution >= 4 is 16.0 Å². The number of amidine groups is 1. The van der Waals surface area contributed by atoms with Crippen molar-refractivity contribution in [1.29, 1.82) is 0 Å². The van der Waals surface area contributed by atoms with Crippen molar-refractivity contribution in [3.05, 3.63) is 29.8 Å². The minimum Gasteiger partial charge on any atom is -0.508 e. The van der Waals surface area contributed by atoms with Gasteiger partial charge in [-0.1, -0.05) is 31.4 Å². The molecular formula is C17H24N2O4S. The van der Waals surface area contributed by atoms with Crippen molar-refractivity contribution in [3.8, 4) is 5.75 Å². The van der Waals surface area contributed by atoms with Crippen LogP contribution in [0.25, 0.3) is 0 Å². The number of rotatable bonds is 2. The molecule has 1 saturated carbocycles. The zero-order chi connectivity index (χ0) is 17.4. The first-order valence-corrected chi connectivity index (χ1v) is 9.90. The van der Waals surface area contributed by atoms with E-state index in [1.807, 2.05) is 0 Å². The number of aliphatic imine (C=N–C) groups is 1. The molecule has 2 aliphatic rings. The molecule has 0 bridgehead atoms. The second-order valence-electron chi connectivity index (χ2n) is 7.05. The van der Waals surface area contributed by atoms with Crippen LogP contribution in [-0.4, -0.2) is 31.2 Å². The molecule has 24 heavy (non-hydrogen) atoms. The summed E-state index contributed by atoms with van der Waals surface area (Å²) in [6.45, 7) is 3.47. The highest BCUT2D eigenvalue weighted by atomic mass is 32.2. The van der Waals surface area contributed by atoms with Gasteiger partial charge in [-0.05, 0) is 44.4 Å². The maximum Gasteiger partial charge on any atom is 0.299 e. The van der Waals surface area contributed by atoms with Crippen LogP contribution in [0.5, 0.6) is 5.75 Å². The standard InChI is InChI=1S/C17H24N2O4S/c1-17(2)15(12-7-6-10-14(20)11-12)24(21,22)19-16(23-17)18-13-8-4-3-5-9-13/h6-7,10-11,13,15,20H,3-5,8-9H2,1-2H3,(H,18,19). The van der Waals surface area contributed by atoms with Crippen LogP contribution >= 0.6 is 0 Å². The van der Waals surface area contributed by atoms with Gasteiger partial charge in [0.15, 0.2) is 0 Å². The SMILES string of the molecule is CC1(C)OC(=NC2CCCCC2)NS(=O)(=O)C1c1cccc(O)c1. The van der Waals surface area contributed by atoms with E-state index < -0.39 is 20.9 Å². The molecule has 0 radical (unpaired) electrons. The van der Waals surface area contributed by atoms with E-state index >= 15 is 0 Å². The van der Waals surface area contributed by atoms with E-state index in [-0.39, 0.29) is 17.8 Å². The Morgan fingerprint density at radius 2 is 1.96 bits per heavy atom. The first-order chi connectivity index (χ1) is 11.3. The van der Waals surface area contributed by atoms with E-state index in [9.17, 15) is 13.5 Å². The lowest BCUT2D eigenvalue weighted by Crippen LogP contribution is -2.53. The number of hydrogen-bond donors (Lipinski definition) is 2. The lowest BCUT2D eigenvalue weighted by Gasteiger charge is -2.39. The average molecular weight is 352 g/mol. The molecule has 3 rings (SSSR count). The van der Waals surface area contributed by atoms with Crippen LogP contribution in [0.3, 0.4) is 0 Å². The summed E-state index contributed by atoms with van der Waals surface area (Å²) in [6, 6.07) is 6.47. The Morgan fingerprint density at radius 1 is 1.25 bits per heavy atom. The molecule has 1 aromatic carbocycles. The number of phenolic OH excluding ortho intramolecular Hbond substituents is 1. The third-order valence-electron chi connectivity index (χ3n) is 4.58. The van der Waals surface area contributed by atoms with Crippen LogP contribution in [0.4, 0.5) is 0 Å². The van der Waals surface area contributed by atoms with Crippen LogP contribution in [0.15, 0.2) is 29.3 Å². The molecule has 7 heteroatoms. The molecule has 1 aliphatic carbocycles. The summed E-state index contributed by atoms with van der Waals surface area (Å²) >= 11 is 0. The van der Waals surface area contributed by atoms with Gasteiger partial charge in [-0.2, -0.15) is 0 Å². The predicted molar refractivity (Wildman–Crippen MR) is 92.4 cm³/mol. The molecule has 0 spiro atoms. The van der Waals surface area contributed by atoms with Gasteiger partial charge < -0.3 is 9.84 Å². The second-order valence-corrected chi connectivity index (χ2v) is 8.82. The Kier molecular flexibility index (Phi) is 4.46. The van der Waals surface area contributed by atoms with Gasteiger partial charge in [-0.25, -0.2) is 18.1 Å². The smallest absolute Gasteiger partial charge is 0.299 e. The molecular weight excluding hydrogens is 328 g/mol. The molecule has 1 aromatic rings. The number of phenols is 1. The van der Waals surface area contributed by atoms with Crippen molar-refractivity contribution < 1.29 is 18.3 Å². The number of aromatic hydroxyl groups is 1. The lowest BCUT2D eigenvalue weighted by atomic mass is 9.96. The van der Waals surface area contributed by atoms with Crippen molar-refractivity contribution in [2.45, 2.75) is 62.8 Å². The molecule has 1 atom stereocenters. The third-order valence-corrected chi connectivity index (χ3v) is 6.50. The molecule has 132 valence electrons. The summed E-state index contributed by atoms with van der Waals surface area (Å²) in [6.07, 6.45) is 5.36. The van der Waals surface area contributed by atoms with Gasteiger partial charge in [-0.3, -0.25) is 0 Å². The van der Waals surface area contributed by atoms with Crippen molar-refractivity contribution in [2.75, 3.05) is 0 Å².